The first-order valence-corrected chi connectivity index (χ1v) is 6.57. The van der Waals surface area contributed by atoms with Gasteiger partial charge >= 0.3 is 73.3 Å². The maximum atomic E-state index is 8.55. The van der Waals surface area contributed by atoms with Crippen molar-refractivity contribution in [1.82, 2.24) is 0 Å². The normalized spacial score (nSPS) is 9.32. The zero-order chi connectivity index (χ0) is 13.5. The van der Waals surface area contributed by atoms with Crippen LogP contribution in [0.3, 0.4) is 0 Å². The average Bonchev–Trinajstić information content (AvgIpc) is 1.41. The molecule has 0 bridgehead atoms. The number of hydrogen-bond donors (Lipinski definition) is 0. The fourth-order valence-electron chi connectivity index (χ4n) is 0. The monoisotopic (exact) mass is 406 g/mol. The minimum atomic E-state index is -5.39. The molecule has 0 radical (unpaired) electrons. The Morgan fingerprint density at radius 1 is 0.474 bits per heavy atom. The van der Waals surface area contributed by atoms with Gasteiger partial charge in [-0.15, -0.1) is 0 Å². The topological polar surface area (TPSA) is 259 Å². The average molecular weight is 406 g/mol. The molecule has 0 aromatic carbocycles. The maximum Gasteiger partial charge on any atom is 5.00 e. The number of phosphoric acid groups is 3. The predicted molar refractivity (Wildman–Crippen MR) is 22.8 cm³/mol. The van der Waals surface area contributed by atoms with E-state index in [4.69, 9.17) is 57.7 Å². The molecule has 0 aliphatic carbocycles. The third-order valence-electron chi connectivity index (χ3n) is 0. The van der Waals surface area contributed by atoms with E-state index >= 15 is 0 Å². The molecule has 19 heavy (non-hydrogen) atoms. The number of rotatable bonds is 0. The molecular weight excluding hydrogens is 406 g/mol. The summed E-state index contributed by atoms with van der Waals surface area (Å²) in [6.07, 6.45) is 0. The van der Waals surface area contributed by atoms with E-state index in [-0.39, 0.29) is 73.3 Å². The van der Waals surface area contributed by atoms with Crippen molar-refractivity contribution in [3.05, 3.63) is 0 Å². The molecule has 0 rings (SSSR count). The standard InChI is InChI=1S/Fe.2Li.3H3O4P.V/c;;;3*1-5(2,3)4;/h;;;3*(H3,1,2,3,4);/q+2;2*+1;;;;+5/p-9. The fraction of sp³-hybridized carbons (Fsp3) is 0. The molecule has 102 valence electrons. The van der Waals surface area contributed by atoms with Gasteiger partial charge in [0.25, 0.3) is 0 Å². The van der Waals surface area contributed by atoms with Crippen LogP contribution >= 0.6 is 23.5 Å². The SMILES string of the molecule is O=P([O-])([O-])[O-].O=P([O-])([O-])[O-].O=P([O-])([O-])[O-].[Fe+2].[Li+].[Li+].[V+5]. The van der Waals surface area contributed by atoms with Crippen molar-refractivity contribution in [3.63, 3.8) is 0 Å². The van der Waals surface area contributed by atoms with Gasteiger partial charge in [-0.1, -0.05) is 0 Å². The Morgan fingerprint density at radius 2 is 0.474 bits per heavy atom. The molecule has 0 heterocycles. The van der Waals surface area contributed by atoms with Gasteiger partial charge in [0.1, 0.15) is 0 Å². The van der Waals surface area contributed by atoms with E-state index in [2.05, 4.69) is 0 Å². The molecule has 0 saturated carbocycles. The summed E-state index contributed by atoms with van der Waals surface area (Å²) in [5, 5.41) is 0. The van der Waals surface area contributed by atoms with Gasteiger partial charge in [0, 0.05) is 0 Å². The van der Waals surface area contributed by atoms with E-state index in [1.165, 1.54) is 0 Å². The maximum absolute atomic E-state index is 8.55. The van der Waals surface area contributed by atoms with Gasteiger partial charge in [0.2, 0.25) is 0 Å². The van der Waals surface area contributed by atoms with E-state index in [1.54, 1.807) is 0 Å². The van der Waals surface area contributed by atoms with E-state index in [0.29, 0.717) is 0 Å². The molecule has 12 nitrogen and oxygen atoms in total. The molecule has 0 aliphatic heterocycles. The summed E-state index contributed by atoms with van der Waals surface area (Å²) in [6, 6.07) is 0. The molecule has 0 aromatic heterocycles. The first-order chi connectivity index (χ1) is 6.00. The van der Waals surface area contributed by atoms with E-state index < -0.39 is 23.5 Å². The first kappa shape index (κ1) is 43.0. The zero-order valence-corrected chi connectivity index (χ0v) is 14.2. The Kier molecular flexibility index (Phi) is 42.3. The van der Waals surface area contributed by atoms with Crippen molar-refractivity contribution in [2.75, 3.05) is 0 Å². The van der Waals surface area contributed by atoms with Crippen LogP contribution in [0.1, 0.15) is 0 Å². The fourth-order valence-corrected chi connectivity index (χ4v) is 0. The summed E-state index contributed by atoms with van der Waals surface area (Å²) in [7, 11) is -16.2. The first-order valence-electron chi connectivity index (χ1n) is 2.19. The Morgan fingerprint density at radius 3 is 0.474 bits per heavy atom. The van der Waals surface area contributed by atoms with E-state index in [1.807, 2.05) is 0 Å². The van der Waals surface area contributed by atoms with Crippen molar-refractivity contribution in [1.29, 1.82) is 0 Å². The Bertz CT molecular complexity index is 217. The smallest absolute Gasteiger partial charge is 0.822 e. The van der Waals surface area contributed by atoms with Crippen LogP contribution in [0.25, 0.3) is 0 Å². The van der Waals surface area contributed by atoms with Crippen LogP contribution in [0.15, 0.2) is 0 Å². The van der Waals surface area contributed by atoms with E-state index in [0.717, 1.165) is 0 Å². The predicted octanol–water partition coefficient (Wildman–Crippen LogP) is -14.5. The van der Waals surface area contributed by atoms with E-state index in [9.17, 15) is 0 Å². The molecule has 0 unspecified atom stereocenters. The molecule has 0 amide bonds. The molecular formula is FeLi2O12P3V. The Labute approximate surface area is 153 Å². The number of hydrogen-bond acceptors (Lipinski definition) is 12. The van der Waals surface area contributed by atoms with Gasteiger partial charge in [0.05, 0.1) is 0 Å². The van der Waals surface area contributed by atoms with Crippen LogP contribution in [0.2, 0.25) is 0 Å². The van der Waals surface area contributed by atoms with Gasteiger partial charge in [-0.25, -0.2) is 0 Å². The Hall–Kier alpha value is 2.63. The second kappa shape index (κ2) is 18.7. The van der Waals surface area contributed by atoms with Gasteiger partial charge in [-0.2, -0.15) is 23.5 Å². The van der Waals surface area contributed by atoms with Crippen molar-refractivity contribution in [2.24, 2.45) is 0 Å². The quantitative estimate of drug-likeness (QED) is 0.268. The van der Waals surface area contributed by atoms with Gasteiger partial charge in [-0.3, -0.25) is 0 Å². The summed E-state index contributed by atoms with van der Waals surface area (Å²) in [4.78, 5) is 76.9. The third kappa shape index (κ3) is 1040. The summed E-state index contributed by atoms with van der Waals surface area (Å²) >= 11 is 0. The second-order valence-electron chi connectivity index (χ2n) is 1.34. The minimum absolute atomic E-state index is 0. The van der Waals surface area contributed by atoms with Crippen LogP contribution in [-0.2, 0) is 49.3 Å². The summed E-state index contributed by atoms with van der Waals surface area (Å²) in [6.45, 7) is 0. The molecule has 0 fully saturated rings. The van der Waals surface area contributed by atoms with Gasteiger partial charge in [-0.05, 0) is 0 Å². The molecule has 0 atom stereocenters. The minimum Gasteiger partial charge on any atom is -0.822 e. The van der Waals surface area contributed by atoms with Crippen LogP contribution in [0.5, 0.6) is 0 Å². The van der Waals surface area contributed by atoms with Crippen molar-refractivity contribution >= 4 is 23.5 Å². The largest absolute Gasteiger partial charge is 5.00 e. The molecule has 0 spiro atoms. The van der Waals surface area contributed by atoms with Crippen molar-refractivity contribution in [3.8, 4) is 0 Å². The molecule has 0 aliphatic rings. The molecule has 0 N–H and O–H groups in total. The van der Waals surface area contributed by atoms with Crippen LogP contribution < -0.4 is 81.8 Å². The summed E-state index contributed by atoms with van der Waals surface area (Å²) in [5.41, 5.74) is 0. The van der Waals surface area contributed by atoms with Crippen LogP contribution in [-0.4, -0.2) is 0 Å². The van der Waals surface area contributed by atoms with Gasteiger partial charge < -0.3 is 57.7 Å². The van der Waals surface area contributed by atoms with Crippen molar-refractivity contribution in [2.45, 2.75) is 0 Å². The Balaban J connectivity index is -0.0000000206. The summed E-state index contributed by atoms with van der Waals surface area (Å²) < 4.78 is 25.6. The molecule has 0 saturated heterocycles. The van der Waals surface area contributed by atoms with Crippen LogP contribution in [0.4, 0.5) is 0 Å². The zero-order valence-electron chi connectivity index (χ0n) is 9.04. The van der Waals surface area contributed by atoms with Gasteiger partial charge in [0.15, 0.2) is 0 Å². The molecule has 0 aromatic rings. The second-order valence-corrected chi connectivity index (χ2v) is 4.02. The van der Waals surface area contributed by atoms with Crippen molar-refractivity contribution < 1.29 is 131 Å². The third-order valence-corrected chi connectivity index (χ3v) is 0. The summed E-state index contributed by atoms with van der Waals surface area (Å²) in [5.74, 6) is 0. The molecule has 19 heteroatoms. The van der Waals surface area contributed by atoms with Crippen LogP contribution in [0, 0.1) is 0 Å².